The second kappa shape index (κ2) is 3.13. The Bertz CT molecular complexity index is 138. The van der Waals surface area contributed by atoms with Crippen LogP contribution in [0.2, 0.25) is 0 Å². The topological polar surface area (TPSA) is 0 Å². The normalized spacial score (nSPS) is 26.8. The quantitative estimate of drug-likeness (QED) is 0.499. The molecule has 0 radical (unpaired) electrons. The number of hydrogen-bond acceptors (Lipinski definition) is 0. The lowest BCUT2D eigenvalue weighted by Crippen LogP contribution is -2.07. The summed E-state index contributed by atoms with van der Waals surface area (Å²) in [5.41, 5.74) is 0.346. The van der Waals surface area contributed by atoms with Crippen molar-refractivity contribution in [2.75, 3.05) is 0 Å². The highest BCUT2D eigenvalue weighted by molar-refractivity contribution is 5.08. The highest BCUT2D eigenvalue weighted by Crippen LogP contribution is 2.27. The van der Waals surface area contributed by atoms with Crippen LogP contribution < -0.4 is 0 Å². The molecule has 2 heteroatoms. The van der Waals surface area contributed by atoms with E-state index in [9.17, 15) is 8.78 Å². The van der Waals surface area contributed by atoms with E-state index < -0.39 is 6.43 Å². The predicted molar refractivity (Wildman–Crippen MR) is 37.1 cm³/mol. The fourth-order valence-electron chi connectivity index (χ4n) is 1.32. The van der Waals surface area contributed by atoms with E-state index in [-0.39, 0.29) is 0 Å². The average molecular weight is 146 g/mol. The number of rotatable bonds is 1. The molecule has 0 saturated carbocycles. The third-order valence-corrected chi connectivity index (χ3v) is 1.93. The Balaban J connectivity index is 2.51. The first-order valence-electron chi connectivity index (χ1n) is 3.67. The van der Waals surface area contributed by atoms with Gasteiger partial charge in [0.15, 0.2) is 0 Å². The van der Waals surface area contributed by atoms with Crippen molar-refractivity contribution in [2.45, 2.75) is 32.6 Å². The van der Waals surface area contributed by atoms with E-state index in [0.29, 0.717) is 17.9 Å². The summed E-state index contributed by atoms with van der Waals surface area (Å²) < 4.78 is 24.1. The van der Waals surface area contributed by atoms with Gasteiger partial charge in [0.25, 0.3) is 6.43 Å². The molecule has 0 amide bonds. The fourth-order valence-corrected chi connectivity index (χ4v) is 1.32. The van der Waals surface area contributed by atoms with Crippen LogP contribution in [0.3, 0.4) is 0 Å². The first-order valence-corrected chi connectivity index (χ1v) is 3.67. The molecular weight excluding hydrogens is 134 g/mol. The van der Waals surface area contributed by atoms with Gasteiger partial charge in [-0.15, -0.1) is 0 Å². The highest BCUT2D eigenvalue weighted by Gasteiger charge is 2.17. The van der Waals surface area contributed by atoms with Crippen molar-refractivity contribution in [3.63, 3.8) is 0 Å². The van der Waals surface area contributed by atoms with Crippen LogP contribution in [0.5, 0.6) is 0 Å². The molecule has 0 aromatic heterocycles. The lowest BCUT2D eigenvalue weighted by atomic mass is 9.91. The zero-order chi connectivity index (χ0) is 7.56. The molecule has 1 aliphatic carbocycles. The molecular formula is C8H12F2. The van der Waals surface area contributed by atoms with E-state index >= 15 is 0 Å². The number of alkyl halides is 2. The van der Waals surface area contributed by atoms with Gasteiger partial charge in [0.2, 0.25) is 0 Å². The van der Waals surface area contributed by atoms with E-state index in [2.05, 4.69) is 0 Å². The van der Waals surface area contributed by atoms with E-state index in [0.717, 1.165) is 12.8 Å². The smallest absolute Gasteiger partial charge is 0.205 e. The van der Waals surface area contributed by atoms with Crippen LogP contribution in [0.15, 0.2) is 11.6 Å². The minimum absolute atomic E-state index is 0.346. The van der Waals surface area contributed by atoms with Crippen LogP contribution >= 0.6 is 0 Å². The van der Waals surface area contributed by atoms with Gasteiger partial charge in [0.1, 0.15) is 0 Å². The van der Waals surface area contributed by atoms with Gasteiger partial charge in [-0.25, -0.2) is 8.78 Å². The van der Waals surface area contributed by atoms with Crippen LogP contribution in [0.4, 0.5) is 8.78 Å². The second-order valence-electron chi connectivity index (χ2n) is 2.97. The summed E-state index contributed by atoms with van der Waals surface area (Å²) >= 11 is 0. The number of halogens is 2. The van der Waals surface area contributed by atoms with Crippen molar-refractivity contribution in [1.82, 2.24) is 0 Å². The molecule has 1 atom stereocenters. The van der Waals surface area contributed by atoms with Gasteiger partial charge in [-0.05, 0) is 30.8 Å². The average Bonchev–Trinajstić information content (AvgIpc) is 1.88. The van der Waals surface area contributed by atoms with E-state index in [4.69, 9.17) is 0 Å². The minimum atomic E-state index is -2.22. The van der Waals surface area contributed by atoms with Crippen LogP contribution in [0.25, 0.3) is 0 Å². The third kappa shape index (κ3) is 1.79. The Morgan fingerprint density at radius 3 is 2.70 bits per heavy atom. The Hall–Kier alpha value is -0.400. The molecule has 0 N–H and O–H groups in total. The van der Waals surface area contributed by atoms with Gasteiger partial charge >= 0.3 is 0 Å². The van der Waals surface area contributed by atoms with Crippen LogP contribution in [0.1, 0.15) is 26.2 Å². The van der Waals surface area contributed by atoms with Crippen LogP contribution in [-0.4, -0.2) is 6.43 Å². The van der Waals surface area contributed by atoms with Gasteiger partial charge < -0.3 is 0 Å². The Labute approximate surface area is 59.9 Å². The fraction of sp³-hybridized carbons (Fsp3) is 0.750. The summed E-state index contributed by atoms with van der Waals surface area (Å²) in [7, 11) is 0. The molecule has 1 aliphatic rings. The Morgan fingerprint density at radius 1 is 1.60 bits per heavy atom. The standard InChI is InChI=1S/C8H12F2/c1-6-3-2-4-7(5-6)8(9)10/h4,6,8H,2-3,5H2,1H3/t6-/m0/s1. The van der Waals surface area contributed by atoms with Gasteiger partial charge in [-0.3, -0.25) is 0 Å². The Kier molecular flexibility index (Phi) is 2.41. The first-order chi connectivity index (χ1) is 4.70. The van der Waals surface area contributed by atoms with Gasteiger partial charge in [0.05, 0.1) is 0 Å². The lowest BCUT2D eigenvalue weighted by Gasteiger charge is -2.17. The number of hydrogen-bond donors (Lipinski definition) is 0. The van der Waals surface area contributed by atoms with Crippen LogP contribution in [-0.2, 0) is 0 Å². The van der Waals surface area contributed by atoms with Crippen molar-refractivity contribution >= 4 is 0 Å². The maximum Gasteiger partial charge on any atom is 0.259 e. The summed E-state index contributed by atoms with van der Waals surface area (Å²) in [4.78, 5) is 0. The summed E-state index contributed by atoms with van der Waals surface area (Å²) in [5, 5.41) is 0. The van der Waals surface area contributed by atoms with Gasteiger partial charge in [0, 0.05) is 0 Å². The largest absolute Gasteiger partial charge is 0.259 e. The van der Waals surface area contributed by atoms with Crippen molar-refractivity contribution in [2.24, 2.45) is 5.92 Å². The number of allylic oxidation sites excluding steroid dienone is 2. The zero-order valence-corrected chi connectivity index (χ0v) is 6.11. The maximum absolute atomic E-state index is 12.0. The van der Waals surface area contributed by atoms with E-state index in [1.165, 1.54) is 0 Å². The molecule has 0 nitrogen and oxygen atoms in total. The lowest BCUT2D eigenvalue weighted by molar-refractivity contribution is 0.177. The van der Waals surface area contributed by atoms with Gasteiger partial charge in [-0.2, -0.15) is 0 Å². The molecule has 0 unspecified atom stereocenters. The maximum atomic E-state index is 12.0. The molecule has 58 valence electrons. The molecule has 0 bridgehead atoms. The molecule has 0 aliphatic heterocycles. The van der Waals surface area contributed by atoms with E-state index in [1.807, 2.05) is 6.92 Å². The highest BCUT2D eigenvalue weighted by atomic mass is 19.3. The molecule has 1 rings (SSSR count). The van der Waals surface area contributed by atoms with Crippen molar-refractivity contribution in [3.05, 3.63) is 11.6 Å². The van der Waals surface area contributed by atoms with Crippen molar-refractivity contribution in [1.29, 1.82) is 0 Å². The third-order valence-electron chi connectivity index (χ3n) is 1.93. The van der Waals surface area contributed by atoms with E-state index in [1.54, 1.807) is 6.08 Å². The Morgan fingerprint density at radius 2 is 2.30 bits per heavy atom. The predicted octanol–water partition coefficient (Wildman–Crippen LogP) is 3.00. The monoisotopic (exact) mass is 146 g/mol. The summed E-state index contributed by atoms with van der Waals surface area (Å²) in [6.07, 6.45) is 1.96. The van der Waals surface area contributed by atoms with Crippen LogP contribution in [0, 0.1) is 5.92 Å². The van der Waals surface area contributed by atoms with Crippen molar-refractivity contribution < 1.29 is 8.78 Å². The second-order valence-corrected chi connectivity index (χ2v) is 2.97. The molecule has 0 heterocycles. The molecule has 0 saturated heterocycles. The van der Waals surface area contributed by atoms with Crippen molar-refractivity contribution in [3.8, 4) is 0 Å². The summed E-state index contributed by atoms with van der Waals surface area (Å²) in [6.45, 7) is 2.02. The summed E-state index contributed by atoms with van der Waals surface area (Å²) in [5.74, 6) is 0.453. The van der Waals surface area contributed by atoms with Gasteiger partial charge in [-0.1, -0.05) is 13.0 Å². The first kappa shape index (κ1) is 7.70. The minimum Gasteiger partial charge on any atom is -0.205 e. The molecule has 10 heavy (non-hydrogen) atoms. The zero-order valence-electron chi connectivity index (χ0n) is 6.11. The molecule has 0 spiro atoms. The summed E-state index contributed by atoms with van der Waals surface area (Å²) in [6, 6.07) is 0. The molecule has 0 fully saturated rings. The molecule has 0 aromatic carbocycles. The molecule has 0 aromatic rings. The SMILES string of the molecule is C[C@H]1CCC=C(C(F)F)C1.